The van der Waals surface area contributed by atoms with E-state index in [9.17, 15) is 0 Å². The number of allylic oxidation sites excluding steroid dienone is 1. The van der Waals surface area contributed by atoms with Gasteiger partial charge >= 0.3 is 0 Å². The first kappa shape index (κ1) is 37.4. The zero-order valence-corrected chi connectivity index (χ0v) is 38.1. The summed E-state index contributed by atoms with van der Waals surface area (Å²) in [6, 6.07) is 65.5. The smallest absolute Gasteiger partial charge is 0.117 e. The summed E-state index contributed by atoms with van der Waals surface area (Å²) in [5, 5.41) is 16.1. The number of benzene rings is 8. The number of hydrogen-bond donors (Lipinski definition) is 0. The molecule has 0 spiro atoms. The normalized spacial score (nSPS) is 18.0. The van der Waals surface area contributed by atoms with Gasteiger partial charge in [-0.05, 0) is 82.2 Å². The van der Waals surface area contributed by atoms with Gasteiger partial charge in [0.1, 0.15) is 5.84 Å². The van der Waals surface area contributed by atoms with Crippen LogP contribution in [0.15, 0.2) is 187 Å². The molecule has 5 aromatic heterocycles. The number of thiophene rings is 2. The standard InChI is InChI=1S/C62H39N3S2/c1-36-28-30-46-57(60(47-23-13-22-44-43-19-6-10-26-54(43)67-61(44)47)63-62(36)65-49-24-8-4-17-40(49)41-18-5-9-25-50(41)65)37-16-12-21-42-48-34-38-14-2-3-15-39(38)35-53(48)64(51(42)31-29-37)52-32-33-56-59(58(46)52)45-20-7-11-27-55(45)66-56/h2-27,29-36H,28H2,1H3/b16-12?,21-12-,31-29?,37-16-,37-29?,42-21?,46-30-,51-31?,60-57-,63-62+. The van der Waals surface area contributed by atoms with Crippen LogP contribution in [0.1, 0.15) is 24.5 Å². The number of aliphatic imine (C=N–C) groups is 1. The van der Waals surface area contributed by atoms with Gasteiger partial charge < -0.3 is 4.40 Å². The van der Waals surface area contributed by atoms with Gasteiger partial charge in [-0.1, -0.05) is 153 Å². The topological polar surface area (TPSA) is 21.7 Å². The lowest BCUT2D eigenvalue weighted by Gasteiger charge is -2.20. The first-order chi connectivity index (χ1) is 33.2. The number of fused-ring (bicyclic) bond motifs is 21. The molecule has 0 radical (unpaired) electrons. The van der Waals surface area contributed by atoms with Gasteiger partial charge in [0.05, 0.1) is 33.3 Å². The van der Waals surface area contributed by atoms with E-state index in [-0.39, 0.29) is 5.92 Å². The monoisotopic (exact) mass is 889 g/mol. The van der Waals surface area contributed by atoms with Crippen molar-refractivity contribution in [2.24, 2.45) is 10.9 Å². The number of rotatable bonds is 1. The molecule has 2 aliphatic rings. The minimum Gasteiger partial charge on any atom is -0.309 e. The largest absolute Gasteiger partial charge is 0.309 e. The number of aromatic nitrogens is 2. The highest BCUT2D eigenvalue weighted by atomic mass is 32.1. The SMILES string of the molecule is CC1C/C=c2c(/c3ccc4c(c5cc6ccccc6cc5n4c4ccc5sc6ccccc6c5c/24)\C=C/C=3)=C(c2cccc3c2sc2ccccc23)\N=C/1n1c2ccccc2c2ccccc21. The van der Waals surface area contributed by atoms with Crippen molar-refractivity contribution in [1.82, 2.24) is 8.97 Å². The minimum atomic E-state index is 0.0545. The zero-order valence-electron chi connectivity index (χ0n) is 36.5. The van der Waals surface area contributed by atoms with E-state index in [1.165, 1.54) is 111 Å². The maximum Gasteiger partial charge on any atom is 0.117 e. The van der Waals surface area contributed by atoms with Crippen LogP contribution >= 0.6 is 22.7 Å². The first-order valence-electron chi connectivity index (χ1n) is 23.2. The Morgan fingerprint density at radius 3 is 2.00 bits per heavy atom. The predicted molar refractivity (Wildman–Crippen MR) is 291 cm³/mol. The molecule has 314 valence electrons. The highest BCUT2D eigenvalue weighted by molar-refractivity contribution is 7.26. The molecule has 8 aromatic carbocycles. The molecular formula is C62H39N3S2. The second-order valence-corrected chi connectivity index (χ2v) is 20.3. The number of hydrogen-bond acceptors (Lipinski definition) is 3. The summed E-state index contributed by atoms with van der Waals surface area (Å²) in [4.78, 5) is 6.23. The highest BCUT2D eigenvalue weighted by Gasteiger charge is 2.25. The molecule has 1 aliphatic carbocycles. The fourth-order valence-electron chi connectivity index (χ4n) is 11.5. The molecule has 5 heteroatoms. The molecule has 2 bridgehead atoms. The van der Waals surface area contributed by atoms with E-state index < -0.39 is 0 Å². The molecule has 1 aliphatic heterocycles. The van der Waals surface area contributed by atoms with Crippen LogP contribution in [-0.4, -0.2) is 14.8 Å². The van der Waals surface area contributed by atoms with E-state index in [0.717, 1.165) is 34.0 Å². The third-order valence-electron chi connectivity index (χ3n) is 14.5. The summed E-state index contributed by atoms with van der Waals surface area (Å²) < 4.78 is 10.1. The summed E-state index contributed by atoms with van der Waals surface area (Å²) in [5.74, 6) is 1.10. The molecule has 0 fully saturated rings. The Bertz CT molecular complexity index is 4630. The summed E-state index contributed by atoms with van der Waals surface area (Å²) in [7, 11) is 0. The molecule has 13 aromatic rings. The summed E-state index contributed by atoms with van der Waals surface area (Å²) in [6.07, 6.45) is 10.3. The van der Waals surface area contributed by atoms with E-state index >= 15 is 0 Å². The van der Waals surface area contributed by atoms with Crippen molar-refractivity contribution >= 4 is 153 Å². The molecule has 6 heterocycles. The maximum atomic E-state index is 6.23. The molecule has 0 amide bonds. The van der Waals surface area contributed by atoms with E-state index in [1.54, 1.807) is 0 Å². The molecular weight excluding hydrogens is 851 g/mol. The Hall–Kier alpha value is -7.83. The van der Waals surface area contributed by atoms with Crippen LogP contribution in [0.2, 0.25) is 0 Å². The predicted octanol–water partition coefficient (Wildman–Crippen LogP) is 14.8. The van der Waals surface area contributed by atoms with E-state index in [0.29, 0.717) is 0 Å². The molecule has 67 heavy (non-hydrogen) atoms. The second-order valence-electron chi connectivity index (χ2n) is 18.2. The number of nitrogens with zero attached hydrogens (tertiary/aromatic N) is 3. The fourth-order valence-corrected chi connectivity index (χ4v) is 13.8. The van der Waals surface area contributed by atoms with Crippen LogP contribution in [0.5, 0.6) is 0 Å². The van der Waals surface area contributed by atoms with Crippen molar-refractivity contribution in [2.75, 3.05) is 0 Å². The van der Waals surface area contributed by atoms with Gasteiger partial charge in [0, 0.05) is 84.2 Å². The lowest BCUT2D eigenvalue weighted by Crippen LogP contribution is -2.41. The van der Waals surface area contributed by atoms with Crippen LogP contribution in [0.25, 0.3) is 124 Å². The summed E-state index contributed by atoms with van der Waals surface area (Å²) in [5.41, 5.74) is 9.28. The molecule has 0 N–H and O–H groups in total. The van der Waals surface area contributed by atoms with Gasteiger partial charge in [-0.3, -0.25) is 4.57 Å². The Morgan fingerprint density at radius 1 is 0.522 bits per heavy atom. The molecule has 1 atom stereocenters. The summed E-state index contributed by atoms with van der Waals surface area (Å²) in [6.45, 7) is 2.38. The quantitative estimate of drug-likeness (QED) is 0.157. The lowest BCUT2D eigenvalue weighted by molar-refractivity contribution is 0.785. The van der Waals surface area contributed by atoms with Crippen LogP contribution in [-0.2, 0) is 0 Å². The Kier molecular flexibility index (Phi) is 7.86. The van der Waals surface area contributed by atoms with Crippen molar-refractivity contribution in [3.63, 3.8) is 0 Å². The maximum absolute atomic E-state index is 6.23. The fraction of sp³-hybridized carbons (Fsp3) is 0.0484. The minimum absolute atomic E-state index is 0.0545. The average molecular weight is 890 g/mol. The molecule has 0 saturated heterocycles. The second kappa shape index (κ2) is 14.1. The van der Waals surface area contributed by atoms with Gasteiger partial charge in [-0.15, -0.1) is 22.7 Å². The van der Waals surface area contributed by atoms with Crippen LogP contribution in [0.4, 0.5) is 0 Å². The Morgan fingerprint density at radius 2 is 1.19 bits per heavy atom. The van der Waals surface area contributed by atoms with Crippen LogP contribution in [0.3, 0.4) is 0 Å². The Balaban J connectivity index is 1.25. The average Bonchev–Trinajstić information content (AvgIpc) is 4.10. The summed E-state index contributed by atoms with van der Waals surface area (Å²) >= 11 is 3.77. The van der Waals surface area contributed by atoms with Crippen molar-refractivity contribution in [1.29, 1.82) is 0 Å². The van der Waals surface area contributed by atoms with Crippen LogP contribution < -0.4 is 15.7 Å². The van der Waals surface area contributed by atoms with Gasteiger partial charge in [-0.2, -0.15) is 0 Å². The van der Waals surface area contributed by atoms with Crippen molar-refractivity contribution in [3.05, 3.63) is 209 Å². The molecule has 15 rings (SSSR count). The van der Waals surface area contributed by atoms with E-state index in [4.69, 9.17) is 4.99 Å². The van der Waals surface area contributed by atoms with Crippen LogP contribution in [0, 0.1) is 5.92 Å². The van der Waals surface area contributed by atoms with Crippen molar-refractivity contribution in [3.8, 4) is 0 Å². The third kappa shape index (κ3) is 5.30. The molecule has 1 unspecified atom stereocenters. The van der Waals surface area contributed by atoms with Gasteiger partial charge in [-0.25, -0.2) is 4.99 Å². The lowest BCUT2D eigenvalue weighted by atomic mass is 9.96. The zero-order chi connectivity index (χ0) is 43.9. The van der Waals surface area contributed by atoms with Gasteiger partial charge in [0.25, 0.3) is 0 Å². The highest BCUT2D eigenvalue weighted by Crippen LogP contribution is 2.42. The van der Waals surface area contributed by atoms with Crippen molar-refractivity contribution in [2.45, 2.75) is 13.3 Å². The first-order valence-corrected chi connectivity index (χ1v) is 24.8. The third-order valence-corrected chi connectivity index (χ3v) is 16.9. The Labute approximate surface area is 392 Å². The van der Waals surface area contributed by atoms with Crippen molar-refractivity contribution < 1.29 is 0 Å². The molecule has 0 saturated carbocycles. The number of para-hydroxylation sites is 2. The van der Waals surface area contributed by atoms with Gasteiger partial charge in [0.15, 0.2) is 0 Å². The molecule has 3 nitrogen and oxygen atoms in total. The van der Waals surface area contributed by atoms with Gasteiger partial charge in [0.2, 0.25) is 0 Å². The van der Waals surface area contributed by atoms with E-state index in [1.807, 2.05) is 22.7 Å². The van der Waals surface area contributed by atoms with E-state index in [2.05, 4.69) is 216 Å².